The molecule has 0 spiro atoms. The molecule has 4 unspecified atom stereocenters. The van der Waals surface area contributed by atoms with E-state index in [1.54, 1.807) is 0 Å². The molecule has 5 heteroatoms. The first-order valence-electron chi connectivity index (χ1n) is 8.01. The van der Waals surface area contributed by atoms with Crippen LogP contribution in [0.5, 0.6) is 0 Å². The molecule has 5 nitrogen and oxygen atoms in total. The van der Waals surface area contributed by atoms with Crippen LogP contribution < -0.4 is 10.6 Å². The van der Waals surface area contributed by atoms with Crippen molar-refractivity contribution >= 4 is 6.03 Å². The van der Waals surface area contributed by atoms with Gasteiger partial charge in [-0.05, 0) is 57.8 Å². The van der Waals surface area contributed by atoms with Crippen molar-refractivity contribution in [3.8, 4) is 0 Å². The molecule has 2 N–H and O–H groups in total. The summed E-state index contributed by atoms with van der Waals surface area (Å²) in [5, 5.41) is 9.95. The average molecular weight is 291 g/mol. The Morgan fingerprint density at radius 1 is 1.38 bits per heavy atom. The van der Waals surface area contributed by atoms with Crippen LogP contribution in [0.15, 0.2) is 4.52 Å². The molecule has 2 aliphatic carbocycles. The highest BCUT2D eigenvalue weighted by Gasteiger charge is 2.39. The number of hydrogen-bond acceptors (Lipinski definition) is 3. The average Bonchev–Trinajstić information content (AvgIpc) is 3.12. The number of fused-ring (bicyclic) bond motifs is 2. The minimum absolute atomic E-state index is 0.0868. The number of nitrogens with one attached hydrogen (secondary N) is 2. The number of carbonyl (C=O) groups is 1. The SMILES string of the molecule is Cc1noc(C)c1C(C)NC(=O)NCC1CC2CCC1C2. The molecule has 4 atom stereocenters. The van der Waals surface area contributed by atoms with Crippen LogP contribution in [0.1, 0.15) is 55.7 Å². The highest BCUT2D eigenvalue weighted by atomic mass is 16.5. The molecule has 0 radical (unpaired) electrons. The van der Waals surface area contributed by atoms with Crippen LogP contribution in [-0.4, -0.2) is 17.7 Å². The van der Waals surface area contributed by atoms with E-state index in [2.05, 4.69) is 15.8 Å². The van der Waals surface area contributed by atoms with Crippen LogP contribution in [0.25, 0.3) is 0 Å². The topological polar surface area (TPSA) is 67.2 Å². The molecule has 1 aromatic heterocycles. The van der Waals surface area contributed by atoms with Gasteiger partial charge in [0.2, 0.25) is 0 Å². The van der Waals surface area contributed by atoms with E-state index in [4.69, 9.17) is 4.52 Å². The standard InChI is InChI=1S/C16H25N3O2/c1-9(15-10(2)19-21-11(15)3)18-16(20)17-8-14-7-12-4-5-13(14)6-12/h9,12-14H,4-8H2,1-3H3,(H2,17,18,20). The zero-order valence-corrected chi connectivity index (χ0v) is 13.1. The van der Waals surface area contributed by atoms with Gasteiger partial charge in [-0.25, -0.2) is 4.79 Å². The second-order valence-electron chi connectivity index (χ2n) is 6.75. The van der Waals surface area contributed by atoms with E-state index in [1.807, 2.05) is 20.8 Å². The second-order valence-corrected chi connectivity index (χ2v) is 6.75. The quantitative estimate of drug-likeness (QED) is 0.895. The molecule has 2 bridgehead atoms. The zero-order chi connectivity index (χ0) is 15.0. The monoisotopic (exact) mass is 291 g/mol. The van der Waals surface area contributed by atoms with Gasteiger partial charge in [-0.1, -0.05) is 11.6 Å². The van der Waals surface area contributed by atoms with Crippen molar-refractivity contribution in [1.29, 1.82) is 0 Å². The molecular formula is C16H25N3O2. The maximum absolute atomic E-state index is 12.1. The van der Waals surface area contributed by atoms with Crippen molar-refractivity contribution in [2.45, 2.75) is 52.5 Å². The fraction of sp³-hybridized carbons (Fsp3) is 0.750. The lowest BCUT2D eigenvalue weighted by molar-refractivity contribution is 0.231. The third-order valence-electron chi connectivity index (χ3n) is 5.28. The van der Waals surface area contributed by atoms with Crippen LogP contribution >= 0.6 is 0 Å². The fourth-order valence-corrected chi connectivity index (χ4v) is 4.28. The predicted molar refractivity (Wildman–Crippen MR) is 79.9 cm³/mol. The van der Waals surface area contributed by atoms with Crippen molar-refractivity contribution in [1.82, 2.24) is 15.8 Å². The Hall–Kier alpha value is -1.52. The van der Waals surface area contributed by atoms with Crippen LogP contribution in [0, 0.1) is 31.6 Å². The molecule has 0 saturated heterocycles. The molecule has 21 heavy (non-hydrogen) atoms. The summed E-state index contributed by atoms with van der Waals surface area (Å²) in [5.41, 5.74) is 1.82. The first kappa shape index (κ1) is 14.4. The Morgan fingerprint density at radius 3 is 2.76 bits per heavy atom. The van der Waals surface area contributed by atoms with Crippen LogP contribution in [0.4, 0.5) is 4.79 Å². The molecule has 116 valence electrons. The largest absolute Gasteiger partial charge is 0.361 e. The minimum atomic E-state index is -0.0923. The van der Waals surface area contributed by atoms with Gasteiger partial charge >= 0.3 is 6.03 Å². The van der Waals surface area contributed by atoms with Gasteiger partial charge in [-0.2, -0.15) is 0 Å². The van der Waals surface area contributed by atoms with Crippen molar-refractivity contribution in [3.05, 3.63) is 17.0 Å². The maximum atomic E-state index is 12.1. The summed E-state index contributed by atoms with van der Waals surface area (Å²) < 4.78 is 5.15. The maximum Gasteiger partial charge on any atom is 0.315 e. The summed E-state index contributed by atoms with van der Waals surface area (Å²) in [5.74, 6) is 3.22. The van der Waals surface area contributed by atoms with E-state index in [9.17, 15) is 4.79 Å². The van der Waals surface area contributed by atoms with Crippen molar-refractivity contribution < 1.29 is 9.32 Å². The zero-order valence-electron chi connectivity index (χ0n) is 13.1. The molecule has 2 fully saturated rings. The van der Waals surface area contributed by atoms with E-state index < -0.39 is 0 Å². The van der Waals surface area contributed by atoms with E-state index in [1.165, 1.54) is 25.7 Å². The Labute approximate surface area is 125 Å². The molecule has 1 heterocycles. The summed E-state index contributed by atoms with van der Waals surface area (Å²) in [4.78, 5) is 12.1. The number of amides is 2. The third kappa shape index (κ3) is 2.92. The lowest BCUT2D eigenvalue weighted by atomic mass is 9.89. The van der Waals surface area contributed by atoms with Crippen molar-refractivity contribution in [3.63, 3.8) is 0 Å². The smallest absolute Gasteiger partial charge is 0.315 e. The number of aromatic nitrogens is 1. The van der Waals surface area contributed by atoms with E-state index in [0.29, 0.717) is 5.92 Å². The molecule has 2 amide bonds. The van der Waals surface area contributed by atoms with Crippen LogP contribution in [0.2, 0.25) is 0 Å². The number of rotatable bonds is 4. The van der Waals surface area contributed by atoms with Crippen molar-refractivity contribution in [2.24, 2.45) is 17.8 Å². The summed E-state index contributed by atoms with van der Waals surface area (Å²) in [6.45, 7) is 6.54. The molecular weight excluding hydrogens is 266 g/mol. The summed E-state index contributed by atoms with van der Waals surface area (Å²) in [6, 6.07) is -0.179. The van der Waals surface area contributed by atoms with Gasteiger partial charge in [-0.3, -0.25) is 0 Å². The highest BCUT2D eigenvalue weighted by molar-refractivity contribution is 5.74. The normalized spacial score (nSPS) is 28.6. The summed E-state index contributed by atoms with van der Waals surface area (Å²) >= 11 is 0. The number of nitrogens with zero attached hydrogens (tertiary/aromatic N) is 1. The van der Waals surface area contributed by atoms with E-state index >= 15 is 0 Å². The Kier molecular flexibility index (Phi) is 3.91. The van der Waals surface area contributed by atoms with Gasteiger partial charge in [0, 0.05) is 12.1 Å². The van der Waals surface area contributed by atoms with E-state index in [0.717, 1.165) is 35.4 Å². The number of carbonyl (C=O) groups excluding carboxylic acids is 1. The summed E-state index contributed by atoms with van der Waals surface area (Å²) in [7, 11) is 0. The minimum Gasteiger partial charge on any atom is -0.361 e. The first-order valence-corrected chi connectivity index (χ1v) is 8.01. The second kappa shape index (κ2) is 5.70. The van der Waals surface area contributed by atoms with Crippen molar-refractivity contribution in [2.75, 3.05) is 6.54 Å². The van der Waals surface area contributed by atoms with Gasteiger partial charge in [-0.15, -0.1) is 0 Å². The third-order valence-corrected chi connectivity index (χ3v) is 5.28. The first-order chi connectivity index (χ1) is 10.0. The molecule has 2 aliphatic rings. The van der Waals surface area contributed by atoms with Gasteiger partial charge in [0.25, 0.3) is 0 Å². The number of hydrogen-bond donors (Lipinski definition) is 2. The lowest BCUT2D eigenvalue weighted by Crippen LogP contribution is -2.40. The van der Waals surface area contributed by atoms with Gasteiger partial charge in [0.1, 0.15) is 5.76 Å². The molecule has 0 aliphatic heterocycles. The van der Waals surface area contributed by atoms with Gasteiger partial charge in [0.05, 0.1) is 11.7 Å². The molecule has 1 aromatic rings. The van der Waals surface area contributed by atoms with Gasteiger partial charge in [0.15, 0.2) is 0 Å². The highest BCUT2D eigenvalue weighted by Crippen LogP contribution is 2.47. The molecule has 3 rings (SSSR count). The number of aryl methyl sites for hydroxylation is 2. The van der Waals surface area contributed by atoms with E-state index in [-0.39, 0.29) is 12.1 Å². The Bertz CT molecular complexity index is 506. The molecule has 0 aromatic carbocycles. The summed E-state index contributed by atoms with van der Waals surface area (Å²) in [6.07, 6.45) is 5.43. The predicted octanol–water partition coefficient (Wildman–Crippen LogP) is 3.09. The van der Waals surface area contributed by atoms with Crippen LogP contribution in [-0.2, 0) is 0 Å². The fourth-order valence-electron chi connectivity index (χ4n) is 4.28. The number of urea groups is 1. The lowest BCUT2D eigenvalue weighted by Gasteiger charge is -2.22. The Morgan fingerprint density at radius 2 is 2.19 bits per heavy atom. The van der Waals surface area contributed by atoms with Gasteiger partial charge < -0.3 is 15.2 Å². The van der Waals surface area contributed by atoms with Crippen LogP contribution in [0.3, 0.4) is 0 Å². The Balaban J connectivity index is 1.48. The molecule has 2 saturated carbocycles.